The molecule has 3 aromatic heterocycles. The third-order valence-electron chi connectivity index (χ3n) is 9.28. The summed E-state index contributed by atoms with van der Waals surface area (Å²) in [5.41, 5.74) is -1.59. The summed E-state index contributed by atoms with van der Waals surface area (Å²) in [6.45, 7) is 10.4. The number of halogens is 1. The fourth-order valence-corrected chi connectivity index (χ4v) is 7.62. The van der Waals surface area contributed by atoms with E-state index in [0.29, 0.717) is 63.8 Å². The van der Waals surface area contributed by atoms with Crippen LogP contribution in [0.3, 0.4) is 0 Å². The minimum Gasteiger partial charge on any atom is -0.496 e. The molecule has 1 aliphatic rings. The number of thiophene rings is 1. The molecule has 2 atom stereocenters. The Hall–Kier alpha value is -3.77. The van der Waals surface area contributed by atoms with E-state index in [4.69, 9.17) is 13.9 Å². The van der Waals surface area contributed by atoms with Crippen molar-refractivity contribution < 1.29 is 23.1 Å². The first-order valence-corrected chi connectivity index (χ1v) is 16.9. The molecule has 0 aliphatic carbocycles. The van der Waals surface area contributed by atoms with Crippen molar-refractivity contribution in [2.45, 2.75) is 97.4 Å². The van der Waals surface area contributed by atoms with Gasteiger partial charge in [0.15, 0.2) is 0 Å². The second kappa shape index (κ2) is 13.9. The highest BCUT2D eigenvalue weighted by Gasteiger charge is 2.41. The van der Waals surface area contributed by atoms with Crippen molar-refractivity contribution in [1.29, 1.82) is 0 Å². The zero-order valence-corrected chi connectivity index (χ0v) is 28.2. The van der Waals surface area contributed by atoms with Gasteiger partial charge in [0.05, 0.1) is 36.2 Å². The number of hydrogen-bond donors (Lipinski definition) is 0. The predicted octanol–water partition coefficient (Wildman–Crippen LogP) is 6.42. The van der Waals surface area contributed by atoms with E-state index < -0.39 is 28.7 Å². The molecule has 248 valence electrons. The lowest BCUT2D eigenvalue weighted by atomic mass is 9.94. The van der Waals surface area contributed by atoms with Crippen LogP contribution in [0, 0.1) is 12.7 Å². The lowest BCUT2D eigenvalue weighted by molar-refractivity contribution is -0.141. The number of amides is 1. The summed E-state index contributed by atoms with van der Waals surface area (Å²) < 4.78 is 35.2. The van der Waals surface area contributed by atoms with Crippen LogP contribution >= 0.6 is 11.3 Å². The highest BCUT2D eigenvalue weighted by Crippen LogP contribution is 2.38. The van der Waals surface area contributed by atoms with Crippen molar-refractivity contribution in [3.8, 4) is 16.5 Å². The maximum atomic E-state index is 14.8. The van der Waals surface area contributed by atoms with Crippen LogP contribution in [-0.4, -0.2) is 51.2 Å². The Morgan fingerprint density at radius 2 is 1.87 bits per heavy atom. The molecule has 1 aromatic carbocycles. The lowest BCUT2D eigenvalue weighted by Gasteiger charge is -2.37. The van der Waals surface area contributed by atoms with E-state index >= 15 is 0 Å². The van der Waals surface area contributed by atoms with E-state index in [1.54, 1.807) is 18.7 Å². The van der Waals surface area contributed by atoms with Crippen molar-refractivity contribution in [1.82, 2.24) is 19.0 Å². The van der Waals surface area contributed by atoms with Crippen molar-refractivity contribution in [2.75, 3.05) is 20.2 Å². The number of aromatic nitrogens is 3. The van der Waals surface area contributed by atoms with Gasteiger partial charge in [-0.1, -0.05) is 20.8 Å². The molecule has 1 fully saturated rings. The minimum absolute atomic E-state index is 0.0609. The zero-order valence-electron chi connectivity index (χ0n) is 27.4. The normalized spacial score (nSPS) is 15.8. The molecule has 1 saturated heterocycles. The van der Waals surface area contributed by atoms with E-state index in [1.165, 1.54) is 53.7 Å². The lowest BCUT2D eigenvalue weighted by Crippen LogP contribution is -2.58. The Balaban J connectivity index is 1.80. The van der Waals surface area contributed by atoms with Crippen LogP contribution in [0.1, 0.15) is 83.5 Å². The van der Waals surface area contributed by atoms with Gasteiger partial charge in [0.25, 0.3) is 5.56 Å². The Bertz CT molecular complexity index is 1800. The topological polar surface area (TPSA) is 109 Å². The van der Waals surface area contributed by atoms with Crippen LogP contribution in [0.4, 0.5) is 4.39 Å². The SMILES string of the molecule is CCC(CC)O[C@@H](Cn1c(=O)n(C(C)(CC)C(=O)N2CCCCC2)c(=O)c2c(C)c(-c3ncco3)sc21)c1cc(F)ccc1OC. The van der Waals surface area contributed by atoms with Crippen LogP contribution in [-0.2, 0) is 21.6 Å². The molecule has 12 heteroatoms. The molecule has 10 nitrogen and oxygen atoms in total. The van der Waals surface area contributed by atoms with Crippen LogP contribution in [0.15, 0.2) is 44.7 Å². The van der Waals surface area contributed by atoms with Crippen LogP contribution in [0.2, 0.25) is 0 Å². The molecule has 4 heterocycles. The first kappa shape index (κ1) is 33.6. The number of aryl methyl sites for hydroxylation is 1. The Morgan fingerprint density at radius 1 is 1.15 bits per heavy atom. The van der Waals surface area contributed by atoms with Gasteiger partial charge in [0.2, 0.25) is 11.8 Å². The summed E-state index contributed by atoms with van der Waals surface area (Å²) in [6.07, 6.45) is 6.35. The summed E-state index contributed by atoms with van der Waals surface area (Å²) in [5, 5.41) is 0.302. The van der Waals surface area contributed by atoms with E-state index in [2.05, 4.69) is 4.98 Å². The van der Waals surface area contributed by atoms with Gasteiger partial charge in [-0.15, -0.1) is 11.3 Å². The average Bonchev–Trinajstić information content (AvgIpc) is 3.72. The highest BCUT2D eigenvalue weighted by atomic mass is 32.1. The first-order chi connectivity index (χ1) is 22.1. The first-order valence-electron chi connectivity index (χ1n) is 16.1. The summed E-state index contributed by atoms with van der Waals surface area (Å²) in [6, 6.07) is 4.21. The monoisotopic (exact) mass is 654 g/mol. The second-order valence-corrected chi connectivity index (χ2v) is 13.0. The van der Waals surface area contributed by atoms with Gasteiger partial charge >= 0.3 is 5.69 Å². The number of methoxy groups -OCH3 is 1. The molecule has 0 N–H and O–H groups in total. The number of piperidine rings is 1. The number of carbonyl (C=O) groups is 1. The van der Waals surface area contributed by atoms with Crippen LogP contribution in [0.25, 0.3) is 21.0 Å². The number of nitrogens with zero attached hydrogens (tertiary/aromatic N) is 4. The van der Waals surface area contributed by atoms with Crippen molar-refractivity contribution in [2.24, 2.45) is 0 Å². The molecule has 1 amide bonds. The number of carbonyl (C=O) groups excluding carboxylic acids is 1. The summed E-state index contributed by atoms with van der Waals surface area (Å²) in [4.78, 5) is 50.5. The van der Waals surface area contributed by atoms with Crippen molar-refractivity contribution in [3.63, 3.8) is 0 Å². The highest BCUT2D eigenvalue weighted by molar-refractivity contribution is 7.22. The van der Waals surface area contributed by atoms with E-state index in [-0.39, 0.29) is 25.0 Å². The van der Waals surface area contributed by atoms with Crippen molar-refractivity contribution in [3.05, 3.63) is 68.4 Å². The molecule has 1 aliphatic heterocycles. The van der Waals surface area contributed by atoms with E-state index in [9.17, 15) is 18.8 Å². The molecular weight excluding hydrogens is 611 g/mol. The van der Waals surface area contributed by atoms with Gasteiger partial charge in [-0.05, 0) is 76.1 Å². The van der Waals surface area contributed by atoms with Gasteiger partial charge in [0, 0.05) is 18.7 Å². The minimum atomic E-state index is -1.44. The zero-order chi connectivity index (χ0) is 33.2. The maximum absolute atomic E-state index is 14.8. The predicted molar refractivity (Wildman–Crippen MR) is 176 cm³/mol. The number of oxazole rings is 1. The molecule has 0 saturated carbocycles. The molecule has 1 unspecified atom stereocenters. The van der Waals surface area contributed by atoms with Crippen LogP contribution in [0.5, 0.6) is 5.75 Å². The number of rotatable bonds is 12. The number of benzene rings is 1. The number of fused-ring (bicyclic) bond motifs is 1. The molecular formula is C34H43FN4O6S. The largest absolute Gasteiger partial charge is 0.496 e. The fourth-order valence-electron chi connectivity index (χ4n) is 6.38. The molecule has 5 rings (SSSR count). The quantitative estimate of drug-likeness (QED) is 0.173. The molecule has 0 bridgehead atoms. The Morgan fingerprint density at radius 3 is 2.48 bits per heavy atom. The third-order valence-corrected chi connectivity index (χ3v) is 10.6. The number of ether oxygens (including phenoxy) is 2. The van der Waals surface area contributed by atoms with Gasteiger partial charge in [-0.2, -0.15) is 0 Å². The number of hydrogen-bond acceptors (Lipinski definition) is 8. The molecule has 4 aromatic rings. The van der Waals surface area contributed by atoms with E-state index in [0.717, 1.165) is 23.8 Å². The third kappa shape index (κ3) is 6.04. The summed E-state index contributed by atoms with van der Waals surface area (Å²) >= 11 is 1.22. The fraction of sp³-hybridized carbons (Fsp3) is 0.529. The molecule has 0 radical (unpaired) electrons. The smallest absolute Gasteiger partial charge is 0.333 e. The summed E-state index contributed by atoms with van der Waals surface area (Å²) in [5.74, 6) is 0.0110. The maximum Gasteiger partial charge on any atom is 0.333 e. The van der Waals surface area contributed by atoms with Crippen molar-refractivity contribution >= 4 is 27.5 Å². The van der Waals surface area contributed by atoms with E-state index in [1.807, 2.05) is 20.8 Å². The Kier molecular flexibility index (Phi) is 10.2. The van der Waals surface area contributed by atoms with Crippen LogP contribution < -0.4 is 16.0 Å². The standard InChI is InChI=1S/C34H43FN4O6S/c1-7-23(8-2)45-26(24-19-22(35)13-14-25(24)43-6)20-38-31-27(21(4)28(46-31)29-36-15-18-44-29)30(40)39(33(38)42)34(5,9-3)32(41)37-16-11-10-12-17-37/h13-15,18-19,23,26H,7-12,16-17,20H2,1-6H3/t26-,34?/m0/s1. The van der Waals surface area contributed by atoms with Gasteiger partial charge in [-0.25, -0.2) is 18.7 Å². The average molecular weight is 655 g/mol. The Labute approximate surface area is 271 Å². The molecule has 0 spiro atoms. The van der Waals surface area contributed by atoms with Gasteiger partial charge in [-0.3, -0.25) is 14.2 Å². The molecule has 46 heavy (non-hydrogen) atoms. The van der Waals surface area contributed by atoms with Gasteiger partial charge in [0.1, 0.15) is 34.3 Å². The second-order valence-electron chi connectivity index (χ2n) is 12.0. The number of likely N-dealkylation sites (tertiary alicyclic amines) is 1. The summed E-state index contributed by atoms with van der Waals surface area (Å²) in [7, 11) is 1.50. The van der Waals surface area contributed by atoms with Gasteiger partial charge < -0.3 is 18.8 Å².